The monoisotopic (exact) mass is 494 g/mol. The zero-order valence-electron chi connectivity index (χ0n) is 20.5. The van der Waals surface area contributed by atoms with Crippen molar-refractivity contribution in [2.24, 2.45) is 0 Å². The number of methoxy groups -OCH3 is 2. The number of hydrogen-bond donors (Lipinski definition) is 0. The van der Waals surface area contributed by atoms with Crippen molar-refractivity contribution in [3.8, 4) is 17.2 Å². The summed E-state index contributed by atoms with van der Waals surface area (Å²) in [5.41, 5.74) is 3.95. The molecule has 0 atom stereocenters. The number of amides is 2. The van der Waals surface area contributed by atoms with Gasteiger partial charge in [-0.05, 0) is 43.2 Å². The van der Waals surface area contributed by atoms with Gasteiger partial charge in [0.2, 0.25) is 5.91 Å². The Morgan fingerprint density at radius 3 is 2.46 bits per heavy atom. The molecule has 0 bridgehead atoms. The Morgan fingerprint density at radius 1 is 1.00 bits per heavy atom. The van der Waals surface area contributed by atoms with Crippen LogP contribution >= 0.6 is 11.8 Å². The molecule has 8 nitrogen and oxygen atoms in total. The number of rotatable bonds is 7. The van der Waals surface area contributed by atoms with Crippen molar-refractivity contribution in [2.45, 2.75) is 19.0 Å². The molecule has 0 radical (unpaired) electrons. The van der Waals surface area contributed by atoms with E-state index >= 15 is 0 Å². The van der Waals surface area contributed by atoms with Crippen LogP contribution in [0.5, 0.6) is 11.5 Å². The van der Waals surface area contributed by atoms with Crippen molar-refractivity contribution in [1.82, 2.24) is 19.4 Å². The molecular weight excluding hydrogens is 464 g/mol. The molecule has 1 fully saturated rings. The smallest absolute Gasteiger partial charge is 0.257 e. The van der Waals surface area contributed by atoms with Crippen molar-refractivity contribution in [2.75, 3.05) is 46.2 Å². The van der Waals surface area contributed by atoms with Gasteiger partial charge in [0.1, 0.15) is 11.5 Å². The summed E-state index contributed by atoms with van der Waals surface area (Å²) < 4.78 is 12.6. The van der Waals surface area contributed by atoms with Crippen LogP contribution in [-0.2, 0) is 4.79 Å². The predicted octanol–water partition coefficient (Wildman–Crippen LogP) is 3.58. The van der Waals surface area contributed by atoms with Gasteiger partial charge in [0.15, 0.2) is 5.16 Å². The van der Waals surface area contributed by atoms with E-state index in [9.17, 15) is 9.59 Å². The van der Waals surface area contributed by atoms with Crippen molar-refractivity contribution in [3.63, 3.8) is 0 Å². The molecule has 2 heterocycles. The predicted molar refractivity (Wildman–Crippen MR) is 136 cm³/mol. The van der Waals surface area contributed by atoms with Crippen molar-refractivity contribution >= 4 is 23.6 Å². The molecule has 0 unspecified atom stereocenters. The summed E-state index contributed by atoms with van der Waals surface area (Å²) >= 11 is 1.43. The molecule has 0 aliphatic carbocycles. The molecular formula is C26H30N4O4S. The van der Waals surface area contributed by atoms with Crippen molar-refractivity contribution < 1.29 is 19.1 Å². The molecule has 0 spiro atoms. The maximum absolute atomic E-state index is 13.0. The normalized spacial score (nSPS) is 13.6. The molecule has 35 heavy (non-hydrogen) atoms. The minimum Gasteiger partial charge on any atom is -0.497 e. The van der Waals surface area contributed by atoms with E-state index in [0.29, 0.717) is 49.0 Å². The van der Waals surface area contributed by atoms with Crippen LogP contribution in [0.1, 0.15) is 21.5 Å². The van der Waals surface area contributed by atoms with Crippen LogP contribution in [0.25, 0.3) is 5.69 Å². The van der Waals surface area contributed by atoms with Crippen LogP contribution in [0.3, 0.4) is 0 Å². The van der Waals surface area contributed by atoms with Gasteiger partial charge in [0.25, 0.3) is 5.91 Å². The molecule has 1 saturated heterocycles. The molecule has 9 heteroatoms. The number of carbonyl (C=O) groups is 2. The number of carbonyl (C=O) groups excluding carboxylic acids is 2. The quantitative estimate of drug-likeness (QED) is 0.468. The highest BCUT2D eigenvalue weighted by molar-refractivity contribution is 7.99. The van der Waals surface area contributed by atoms with Gasteiger partial charge in [-0.15, -0.1) is 0 Å². The Morgan fingerprint density at radius 2 is 1.74 bits per heavy atom. The van der Waals surface area contributed by atoms with Gasteiger partial charge in [-0.2, -0.15) is 0 Å². The van der Waals surface area contributed by atoms with E-state index in [1.54, 1.807) is 36.4 Å². The van der Waals surface area contributed by atoms with Crippen LogP contribution in [0.4, 0.5) is 0 Å². The number of piperazine rings is 1. The highest BCUT2D eigenvalue weighted by atomic mass is 32.2. The molecule has 0 saturated carbocycles. The van der Waals surface area contributed by atoms with Crippen LogP contribution < -0.4 is 9.47 Å². The third-order valence-electron chi connectivity index (χ3n) is 6.33. The average Bonchev–Trinajstić information content (AvgIpc) is 3.36. The second-order valence-corrected chi connectivity index (χ2v) is 9.27. The fourth-order valence-electron chi connectivity index (χ4n) is 4.10. The molecule has 1 aliphatic heterocycles. The molecule has 2 amide bonds. The van der Waals surface area contributed by atoms with Crippen molar-refractivity contribution in [3.05, 3.63) is 65.5 Å². The van der Waals surface area contributed by atoms with E-state index in [-0.39, 0.29) is 11.8 Å². The zero-order valence-corrected chi connectivity index (χ0v) is 21.3. The fourth-order valence-corrected chi connectivity index (χ4v) is 4.97. The number of ether oxygens (including phenoxy) is 2. The van der Waals surface area contributed by atoms with E-state index in [1.807, 2.05) is 21.7 Å². The van der Waals surface area contributed by atoms with Crippen LogP contribution in [0.2, 0.25) is 0 Å². The summed E-state index contributed by atoms with van der Waals surface area (Å²) in [5.74, 6) is 1.33. The van der Waals surface area contributed by atoms with Gasteiger partial charge in [-0.3, -0.25) is 14.2 Å². The van der Waals surface area contributed by atoms with Crippen LogP contribution in [0, 0.1) is 13.8 Å². The molecule has 2 aromatic carbocycles. The van der Waals surface area contributed by atoms with Gasteiger partial charge in [-0.1, -0.05) is 23.9 Å². The highest BCUT2D eigenvalue weighted by Crippen LogP contribution is 2.27. The van der Waals surface area contributed by atoms with E-state index in [0.717, 1.165) is 10.8 Å². The molecule has 4 rings (SSSR count). The minimum atomic E-state index is -0.110. The Labute approximate surface area is 209 Å². The van der Waals surface area contributed by atoms with Gasteiger partial charge in [0.05, 0.1) is 31.2 Å². The van der Waals surface area contributed by atoms with Crippen LogP contribution in [0.15, 0.2) is 53.9 Å². The Balaban J connectivity index is 1.34. The molecule has 1 aromatic heterocycles. The second kappa shape index (κ2) is 10.9. The first kappa shape index (κ1) is 24.7. The summed E-state index contributed by atoms with van der Waals surface area (Å²) in [7, 11) is 3.10. The summed E-state index contributed by atoms with van der Waals surface area (Å²) in [5, 5.41) is 0.785. The topological polar surface area (TPSA) is 76.9 Å². The first-order valence-corrected chi connectivity index (χ1v) is 12.4. The summed E-state index contributed by atoms with van der Waals surface area (Å²) in [6.07, 6.45) is 3.68. The summed E-state index contributed by atoms with van der Waals surface area (Å²) in [6, 6.07) is 11.3. The van der Waals surface area contributed by atoms with Gasteiger partial charge >= 0.3 is 0 Å². The van der Waals surface area contributed by atoms with E-state index in [1.165, 1.54) is 30.0 Å². The largest absolute Gasteiger partial charge is 0.497 e. The molecule has 184 valence electrons. The average molecular weight is 495 g/mol. The third-order valence-corrected chi connectivity index (χ3v) is 7.28. The maximum Gasteiger partial charge on any atom is 0.257 e. The van der Waals surface area contributed by atoms with Gasteiger partial charge in [0, 0.05) is 44.6 Å². The fraction of sp³-hybridized carbons (Fsp3) is 0.346. The number of aryl methyl sites for hydroxylation is 1. The van der Waals surface area contributed by atoms with Crippen LogP contribution in [-0.4, -0.2) is 77.3 Å². The van der Waals surface area contributed by atoms with E-state index in [4.69, 9.17) is 9.47 Å². The number of imidazole rings is 1. The lowest BCUT2D eigenvalue weighted by atomic mass is 10.1. The third kappa shape index (κ3) is 5.30. The minimum absolute atomic E-state index is 0.0413. The van der Waals surface area contributed by atoms with E-state index in [2.05, 4.69) is 31.0 Å². The molecule has 0 N–H and O–H groups in total. The first-order valence-electron chi connectivity index (χ1n) is 11.4. The number of thioether (sulfide) groups is 1. The number of nitrogens with zero attached hydrogens (tertiary/aromatic N) is 4. The summed E-state index contributed by atoms with van der Waals surface area (Å²) in [4.78, 5) is 34.0. The number of benzene rings is 2. The standard InChI is InChI=1S/C26H30N4O4S/c1-18-6-5-7-22(19(18)2)30-11-10-27-26(30)35-17-24(31)28-12-14-29(15-13-28)25(32)21-9-8-20(33-3)16-23(21)34-4/h5-11,16H,12-15,17H2,1-4H3. The molecule has 3 aromatic rings. The lowest BCUT2D eigenvalue weighted by molar-refractivity contribution is -0.129. The Kier molecular flexibility index (Phi) is 7.65. The van der Waals surface area contributed by atoms with Crippen molar-refractivity contribution in [1.29, 1.82) is 0 Å². The Hall–Kier alpha value is -3.46. The first-order chi connectivity index (χ1) is 16.9. The number of aromatic nitrogens is 2. The Bertz CT molecular complexity index is 1220. The van der Waals surface area contributed by atoms with E-state index < -0.39 is 0 Å². The zero-order chi connectivity index (χ0) is 24.9. The highest BCUT2D eigenvalue weighted by Gasteiger charge is 2.27. The SMILES string of the molecule is COc1ccc(C(=O)N2CCN(C(=O)CSc3nccn3-c3cccc(C)c3C)CC2)c(OC)c1. The van der Waals surface area contributed by atoms with Gasteiger partial charge in [-0.25, -0.2) is 4.98 Å². The lowest BCUT2D eigenvalue weighted by Gasteiger charge is -2.35. The maximum atomic E-state index is 13.0. The second-order valence-electron chi connectivity index (χ2n) is 8.33. The van der Waals surface area contributed by atoms with Gasteiger partial charge < -0.3 is 19.3 Å². The molecule has 1 aliphatic rings. The number of hydrogen-bond acceptors (Lipinski definition) is 6. The summed E-state index contributed by atoms with van der Waals surface area (Å²) in [6.45, 7) is 6.11. The lowest BCUT2D eigenvalue weighted by Crippen LogP contribution is -2.51.